The van der Waals surface area contributed by atoms with E-state index in [-0.39, 0.29) is 5.56 Å². The Labute approximate surface area is 171 Å². The summed E-state index contributed by atoms with van der Waals surface area (Å²) in [6, 6.07) is 7.60. The van der Waals surface area contributed by atoms with Crippen LogP contribution in [0.3, 0.4) is 0 Å². The van der Waals surface area contributed by atoms with E-state index in [1.807, 2.05) is 29.1 Å². The van der Waals surface area contributed by atoms with Crippen LogP contribution in [0.2, 0.25) is 5.02 Å². The number of fused-ring (bicyclic) bond motifs is 1. The Morgan fingerprint density at radius 1 is 1.17 bits per heavy atom. The van der Waals surface area contributed by atoms with Gasteiger partial charge in [-0.25, -0.2) is 8.78 Å². The van der Waals surface area contributed by atoms with E-state index in [1.54, 1.807) is 0 Å². The molecule has 152 valence electrons. The highest BCUT2D eigenvalue weighted by Gasteiger charge is 2.24. The highest BCUT2D eigenvalue weighted by Crippen LogP contribution is 2.33. The van der Waals surface area contributed by atoms with E-state index in [0.717, 1.165) is 48.7 Å². The Morgan fingerprint density at radius 2 is 1.86 bits per heavy atom. The van der Waals surface area contributed by atoms with Crippen molar-refractivity contribution in [2.45, 2.75) is 31.7 Å². The zero-order valence-corrected chi connectivity index (χ0v) is 16.3. The van der Waals surface area contributed by atoms with Gasteiger partial charge in [0, 0.05) is 28.7 Å². The summed E-state index contributed by atoms with van der Waals surface area (Å²) in [5.74, 6) is -3.64. The maximum atomic E-state index is 13.4. The molecule has 1 heterocycles. The summed E-state index contributed by atoms with van der Waals surface area (Å²) in [5.41, 5.74) is 0.769. The Bertz CT molecular complexity index is 1040. The number of carbonyl (C=O) groups excluding carboxylic acids is 1. The first-order chi connectivity index (χ1) is 13.9. The third-order valence-electron chi connectivity index (χ3n) is 5.50. The van der Waals surface area contributed by atoms with Crippen molar-refractivity contribution in [1.29, 1.82) is 0 Å². The number of aromatic hydroxyl groups is 1. The largest absolute Gasteiger partial charge is 0.503 e. The van der Waals surface area contributed by atoms with E-state index in [2.05, 4.69) is 10.4 Å². The average Bonchev–Trinajstić information content (AvgIpc) is 3.13. The van der Waals surface area contributed by atoms with Crippen molar-refractivity contribution in [2.24, 2.45) is 5.92 Å². The zero-order valence-electron chi connectivity index (χ0n) is 15.5. The molecule has 1 fully saturated rings. The summed E-state index contributed by atoms with van der Waals surface area (Å²) in [7, 11) is 0. The Balaban J connectivity index is 1.32. The molecule has 2 aromatic carbocycles. The molecule has 8 heteroatoms. The lowest BCUT2D eigenvalue weighted by molar-refractivity contribution is 0.0940. The van der Waals surface area contributed by atoms with Crippen LogP contribution >= 0.6 is 11.6 Å². The van der Waals surface area contributed by atoms with Gasteiger partial charge in [0.05, 0.1) is 11.6 Å². The van der Waals surface area contributed by atoms with Crippen molar-refractivity contribution in [1.82, 2.24) is 15.1 Å². The molecule has 3 aromatic rings. The number of phenolic OH excluding ortho intramolecular Hbond substituents is 1. The van der Waals surface area contributed by atoms with Gasteiger partial charge < -0.3 is 10.4 Å². The predicted octanol–water partition coefficient (Wildman–Crippen LogP) is 4.83. The molecule has 0 bridgehead atoms. The third kappa shape index (κ3) is 4.19. The second-order valence-electron chi connectivity index (χ2n) is 7.49. The van der Waals surface area contributed by atoms with E-state index in [0.29, 0.717) is 23.5 Å². The molecule has 1 aromatic heterocycles. The number of rotatable bonds is 4. The van der Waals surface area contributed by atoms with Crippen LogP contribution in [0.15, 0.2) is 36.5 Å². The van der Waals surface area contributed by atoms with Crippen LogP contribution in [0.25, 0.3) is 10.9 Å². The van der Waals surface area contributed by atoms with Gasteiger partial charge in [0.25, 0.3) is 5.91 Å². The van der Waals surface area contributed by atoms with Crippen molar-refractivity contribution in [3.63, 3.8) is 0 Å². The highest BCUT2D eigenvalue weighted by atomic mass is 35.5. The van der Waals surface area contributed by atoms with Crippen LogP contribution in [0.1, 0.15) is 42.1 Å². The Hall–Kier alpha value is -2.67. The molecule has 1 aliphatic rings. The van der Waals surface area contributed by atoms with Gasteiger partial charge in [-0.3, -0.25) is 9.48 Å². The summed E-state index contributed by atoms with van der Waals surface area (Å²) in [5, 5.41) is 18.2. The van der Waals surface area contributed by atoms with E-state index in [4.69, 9.17) is 16.7 Å². The smallest absolute Gasteiger partial charge is 0.251 e. The maximum Gasteiger partial charge on any atom is 0.251 e. The highest BCUT2D eigenvalue weighted by molar-refractivity contribution is 6.31. The molecule has 4 rings (SSSR count). The number of phenols is 1. The molecule has 5 nitrogen and oxygen atoms in total. The molecule has 0 atom stereocenters. The first-order valence-electron chi connectivity index (χ1n) is 9.51. The van der Waals surface area contributed by atoms with Crippen molar-refractivity contribution in [3.8, 4) is 5.75 Å². The minimum atomic E-state index is -1.15. The van der Waals surface area contributed by atoms with Crippen LogP contribution in [-0.2, 0) is 0 Å². The summed E-state index contributed by atoms with van der Waals surface area (Å²) in [6.07, 6.45) is 5.72. The minimum Gasteiger partial charge on any atom is -0.503 e. The number of carbonyl (C=O) groups is 1. The number of nitrogens with one attached hydrogen (secondary N) is 1. The van der Waals surface area contributed by atoms with E-state index in [9.17, 15) is 13.6 Å². The zero-order chi connectivity index (χ0) is 20.5. The molecule has 0 radical (unpaired) electrons. The number of benzene rings is 2. The number of aromatic nitrogens is 2. The molecule has 1 aliphatic carbocycles. The molecule has 2 N–H and O–H groups in total. The van der Waals surface area contributed by atoms with Gasteiger partial charge in [0.1, 0.15) is 0 Å². The monoisotopic (exact) mass is 419 g/mol. The summed E-state index contributed by atoms with van der Waals surface area (Å²) in [4.78, 5) is 12.2. The fourth-order valence-electron chi connectivity index (χ4n) is 3.85. The predicted molar refractivity (Wildman–Crippen MR) is 106 cm³/mol. The second-order valence-corrected chi connectivity index (χ2v) is 7.92. The van der Waals surface area contributed by atoms with Crippen molar-refractivity contribution < 1.29 is 18.7 Å². The fraction of sp³-hybridized carbons (Fsp3) is 0.333. The molecule has 1 amide bonds. The van der Waals surface area contributed by atoms with Gasteiger partial charge in [-0.1, -0.05) is 11.6 Å². The van der Waals surface area contributed by atoms with E-state index >= 15 is 0 Å². The van der Waals surface area contributed by atoms with Gasteiger partial charge >= 0.3 is 0 Å². The number of halogens is 3. The van der Waals surface area contributed by atoms with E-state index in [1.165, 1.54) is 0 Å². The molecule has 0 saturated heterocycles. The van der Waals surface area contributed by atoms with Gasteiger partial charge in [-0.15, -0.1) is 0 Å². The Kier molecular flexibility index (Phi) is 5.41. The van der Waals surface area contributed by atoms with Crippen LogP contribution < -0.4 is 5.32 Å². The fourth-order valence-corrected chi connectivity index (χ4v) is 4.03. The topological polar surface area (TPSA) is 67.2 Å². The SMILES string of the molecule is O=C(NC[C@H]1CC[C@H](n2cc3cc(Cl)ccc3n2)CC1)c1cc(F)c(O)c(F)c1. The molecular weight excluding hydrogens is 400 g/mol. The average molecular weight is 420 g/mol. The first kappa shape index (κ1) is 19.6. The lowest BCUT2D eigenvalue weighted by atomic mass is 9.86. The second kappa shape index (κ2) is 7.99. The minimum absolute atomic E-state index is 0.145. The lowest BCUT2D eigenvalue weighted by Gasteiger charge is -2.28. The quantitative estimate of drug-likeness (QED) is 0.636. The van der Waals surface area contributed by atoms with Crippen molar-refractivity contribution in [3.05, 3.63) is 58.7 Å². The molecule has 1 saturated carbocycles. The summed E-state index contributed by atoms with van der Waals surface area (Å²) >= 11 is 6.04. The number of hydrogen-bond acceptors (Lipinski definition) is 3. The maximum absolute atomic E-state index is 13.4. The molecule has 0 aliphatic heterocycles. The number of amides is 1. The standard InChI is InChI=1S/C21H20ClF2N3O2/c22-15-3-6-19-14(7-15)11-27(26-19)16-4-1-12(2-5-16)10-25-21(29)13-8-17(23)20(28)18(24)9-13/h3,6-9,11-12,16,28H,1-2,4-5,10H2,(H,25,29)/t12-,16-. The molecule has 0 spiro atoms. The summed E-state index contributed by atoms with van der Waals surface area (Å²) in [6.45, 7) is 0.437. The van der Waals surface area contributed by atoms with Crippen LogP contribution in [0, 0.1) is 17.6 Å². The van der Waals surface area contributed by atoms with Crippen LogP contribution in [0.4, 0.5) is 8.78 Å². The van der Waals surface area contributed by atoms with E-state index < -0.39 is 23.3 Å². The first-order valence-corrected chi connectivity index (χ1v) is 9.89. The van der Waals surface area contributed by atoms with Gasteiger partial charge in [-0.2, -0.15) is 5.10 Å². The Morgan fingerprint density at radius 3 is 2.55 bits per heavy atom. The van der Waals surface area contributed by atoms with Crippen molar-refractivity contribution >= 4 is 28.4 Å². The van der Waals surface area contributed by atoms with Crippen LogP contribution in [0.5, 0.6) is 5.75 Å². The third-order valence-corrected chi connectivity index (χ3v) is 5.74. The lowest BCUT2D eigenvalue weighted by Crippen LogP contribution is -2.31. The molecular formula is C21H20ClF2N3O2. The van der Waals surface area contributed by atoms with Gasteiger partial charge in [-0.05, 0) is 61.9 Å². The normalized spacial score (nSPS) is 19.4. The van der Waals surface area contributed by atoms with Crippen LogP contribution in [-0.4, -0.2) is 27.3 Å². The number of hydrogen-bond donors (Lipinski definition) is 2. The van der Waals surface area contributed by atoms with Gasteiger partial charge in [0.2, 0.25) is 0 Å². The van der Waals surface area contributed by atoms with Crippen molar-refractivity contribution in [2.75, 3.05) is 6.54 Å². The number of nitrogens with zero attached hydrogens (tertiary/aromatic N) is 2. The summed E-state index contributed by atoms with van der Waals surface area (Å²) < 4.78 is 28.8. The molecule has 0 unspecified atom stereocenters. The molecule has 29 heavy (non-hydrogen) atoms. The van der Waals surface area contributed by atoms with Gasteiger partial charge in [0.15, 0.2) is 17.4 Å².